The Morgan fingerprint density at radius 2 is 2.00 bits per heavy atom. The van der Waals surface area contributed by atoms with Crippen molar-refractivity contribution in [2.45, 2.75) is 84.5 Å². The second-order valence-electron chi connectivity index (χ2n) is 9.85. The van der Waals surface area contributed by atoms with Gasteiger partial charge in [-0.2, -0.15) is 0 Å². The summed E-state index contributed by atoms with van der Waals surface area (Å²) in [7, 11) is 0. The average Bonchev–Trinajstić information content (AvgIpc) is 3.53. The third kappa shape index (κ3) is 4.93. The van der Waals surface area contributed by atoms with Gasteiger partial charge in [0.25, 0.3) is 5.56 Å². The van der Waals surface area contributed by atoms with Crippen molar-refractivity contribution in [3.8, 4) is 0 Å². The summed E-state index contributed by atoms with van der Waals surface area (Å²) in [4.78, 5) is 18.5. The molecule has 0 spiro atoms. The molecule has 1 unspecified atom stereocenters. The molecule has 0 amide bonds. The monoisotopic (exact) mass is 474 g/mol. The number of tetrazole rings is 1. The van der Waals surface area contributed by atoms with Crippen LogP contribution in [0.1, 0.15) is 85.8 Å². The average molecular weight is 475 g/mol. The molecule has 1 saturated carbocycles. The molecule has 0 aliphatic heterocycles. The number of furan rings is 1. The molecule has 1 atom stereocenters. The van der Waals surface area contributed by atoms with Gasteiger partial charge in [0.15, 0.2) is 5.82 Å². The highest BCUT2D eigenvalue weighted by molar-refractivity contribution is 5.83. The minimum absolute atomic E-state index is 0.0498. The minimum atomic E-state index is -0.0614. The number of fused-ring (bicyclic) bond motifs is 1. The fourth-order valence-electron chi connectivity index (χ4n) is 5.54. The fourth-order valence-corrected chi connectivity index (χ4v) is 5.54. The fraction of sp³-hybridized carbons (Fsp3) is 0.481. The van der Waals surface area contributed by atoms with Crippen molar-refractivity contribution in [3.05, 3.63) is 75.2 Å². The lowest BCUT2D eigenvalue weighted by atomic mass is 9.95. The van der Waals surface area contributed by atoms with Crippen LogP contribution in [-0.4, -0.2) is 30.1 Å². The van der Waals surface area contributed by atoms with Crippen LogP contribution < -0.4 is 5.56 Å². The molecule has 5 rings (SSSR count). The first-order valence-corrected chi connectivity index (χ1v) is 12.7. The van der Waals surface area contributed by atoms with Crippen LogP contribution in [0.15, 0.2) is 45.8 Å². The van der Waals surface area contributed by atoms with E-state index < -0.39 is 0 Å². The standard InChI is InChI=1S/C27H34N6O2/c1-4-25(26-29-30-31-33(26)21-9-6-5-7-10-21)32(17-22-11-8-12-35-22)16-20-15-23-19(3)13-18(2)14-24(23)28-27(20)34/h8,11-15,21,25H,4-7,9-10,16-17H2,1-3H3,(H,28,34). The predicted molar refractivity (Wildman–Crippen MR) is 135 cm³/mol. The number of H-pyrrole nitrogens is 1. The van der Waals surface area contributed by atoms with Crippen LogP contribution in [0.5, 0.6) is 0 Å². The van der Waals surface area contributed by atoms with Crippen molar-refractivity contribution in [1.29, 1.82) is 0 Å². The van der Waals surface area contributed by atoms with E-state index in [0.717, 1.165) is 58.4 Å². The van der Waals surface area contributed by atoms with Crippen molar-refractivity contribution in [1.82, 2.24) is 30.1 Å². The van der Waals surface area contributed by atoms with E-state index in [4.69, 9.17) is 4.42 Å². The minimum Gasteiger partial charge on any atom is -0.468 e. The number of benzene rings is 1. The second-order valence-corrected chi connectivity index (χ2v) is 9.85. The van der Waals surface area contributed by atoms with Gasteiger partial charge in [0.1, 0.15) is 5.76 Å². The number of aromatic nitrogens is 5. The number of hydrogen-bond donors (Lipinski definition) is 1. The van der Waals surface area contributed by atoms with Gasteiger partial charge in [0.05, 0.1) is 24.9 Å². The lowest BCUT2D eigenvalue weighted by molar-refractivity contribution is 0.144. The highest BCUT2D eigenvalue weighted by Gasteiger charge is 2.29. The van der Waals surface area contributed by atoms with Crippen LogP contribution in [0.25, 0.3) is 10.9 Å². The quantitative estimate of drug-likeness (QED) is 0.368. The van der Waals surface area contributed by atoms with E-state index in [2.05, 4.69) is 45.3 Å². The van der Waals surface area contributed by atoms with E-state index in [1.54, 1.807) is 6.26 Å². The largest absolute Gasteiger partial charge is 0.468 e. The van der Waals surface area contributed by atoms with Gasteiger partial charge in [-0.25, -0.2) is 4.68 Å². The van der Waals surface area contributed by atoms with Crippen molar-refractivity contribution in [3.63, 3.8) is 0 Å². The van der Waals surface area contributed by atoms with Gasteiger partial charge in [-0.3, -0.25) is 9.69 Å². The van der Waals surface area contributed by atoms with Gasteiger partial charge < -0.3 is 9.40 Å². The molecule has 3 heterocycles. The zero-order valence-corrected chi connectivity index (χ0v) is 20.8. The predicted octanol–water partition coefficient (Wildman–Crippen LogP) is 5.38. The molecule has 0 saturated heterocycles. The Morgan fingerprint density at radius 1 is 1.17 bits per heavy atom. The van der Waals surface area contributed by atoms with Crippen molar-refractivity contribution in [2.75, 3.05) is 0 Å². The van der Waals surface area contributed by atoms with Crippen LogP contribution in [0, 0.1) is 13.8 Å². The number of hydrogen-bond acceptors (Lipinski definition) is 6. The Balaban J connectivity index is 1.52. The molecule has 3 aromatic heterocycles. The van der Waals surface area contributed by atoms with E-state index in [1.165, 1.54) is 19.3 Å². The van der Waals surface area contributed by atoms with Crippen molar-refractivity contribution in [2.24, 2.45) is 0 Å². The van der Waals surface area contributed by atoms with Crippen LogP contribution in [0.2, 0.25) is 0 Å². The first kappa shape index (κ1) is 23.5. The van der Waals surface area contributed by atoms with Crippen LogP contribution in [-0.2, 0) is 13.1 Å². The maximum absolute atomic E-state index is 13.2. The van der Waals surface area contributed by atoms with Gasteiger partial charge in [-0.15, -0.1) is 5.10 Å². The molecule has 1 aromatic carbocycles. The van der Waals surface area contributed by atoms with Crippen LogP contribution in [0.4, 0.5) is 0 Å². The summed E-state index contributed by atoms with van der Waals surface area (Å²) in [5.41, 5.74) is 3.84. The molecule has 8 heteroatoms. The lowest BCUT2D eigenvalue weighted by Crippen LogP contribution is -2.33. The summed E-state index contributed by atoms with van der Waals surface area (Å²) >= 11 is 0. The van der Waals surface area contributed by atoms with Crippen LogP contribution >= 0.6 is 0 Å². The Morgan fingerprint density at radius 3 is 2.74 bits per heavy atom. The van der Waals surface area contributed by atoms with Crippen molar-refractivity contribution >= 4 is 10.9 Å². The second kappa shape index (κ2) is 10.2. The summed E-state index contributed by atoms with van der Waals surface area (Å²) < 4.78 is 7.75. The summed E-state index contributed by atoms with van der Waals surface area (Å²) in [6.45, 7) is 7.32. The van der Waals surface area contributed by atoms with Gasteiger partial charge in [-0.05, 0) is 78.9 Å². The highest BCUT2D eigenvalue weighted by atomic mass is 16.3. The maximum atomic E-state index is 13.2. The Labute approximate surface area is 205 Å². The van der Waals surface area contributed by atoms with Crippen LogP contribution in [0.3, 0.4) is 0 Å². The lowest BCUT2D eigenvalue weighted by Gasteiger charge is -2.31. The summed E-state index contributed by atoms with van der Waals surface area (Å²) in [6.07, 6.45) is 8.42. The Bertz CT molecular complexity index is 1330. The number of nitrogens with one attached hydrogen (secondary N) is 1. The third-order valence-corrected chi connectivity index (χ3v) is 7.27. The van der Waals surface area contributed by atoms with E-state index in [0.29, 0.717) is 19.1 Å². The molecule has 4 aromatic rings. The molecule has 0 bridgehead atoms. The number of nitrogens with zero attached hydrogens (tertiary/aromatic N) is 5. The first-order valence-electron chi connectivity index (χ1n) is 12.7. The molecule has 1 fully saturated rings. The first-order chi connectivity index (χ1) is 17.0. The number of pyridine rings is 1. The third-order valence-electron chi connectivity index (χ3n) is 7.27. The normalized spacial score (nSPS) is 15.8. The molecule has 184 valence electrons. The van der Waals surface area contributed by atoms with E-state index in [9.17, 15) is 4.79 Å². The maximum Gasteiger partial charge on any atom is 0.252 e. The SMILES string of the molecule is CCC(c1nnnn1C1CCCCC1)N(Cc1ccco1)Cc1cc2c(C)cc(C)cc2[nH]c1=O. The molecule has 1 aliphatic carbocycles. The van der Waals surface area contributed by atoms with Gasteiger partial charge in [0.2, 0.25) is 0 Å². The summed E-state index contributed by atoms with van der Waals surface area (Å²) in [5.74, 6) is 1.72. The summed E-state index contributed by atoms with van der Waals surface area (Å²) in [6, 6.07) is 10.4. The molecule has 35 heavy (non-hydrogen) atoms. The van der Waals surface area contributed by atoms with Gasteiger partial charge in [-0.1, -0.05) is 32.3 Å². The topological polar surface area (TPSA) is 92.8 Å². The van der Waals surface area contributed by atoms with Crippen molar-refractivity contribution < 1.29 is 4.42 Å². The zero-order chi connectivity index (χ0) is 24.4. The van der Waals surface area contributed by atoms with Gasteiger partial charge in [0, 0.05) is 23.0 Å². The number of rotatable bonds is 8. The van der Waals surface area contributed by atoms with E-state index in [1.807, 2.05) is 35.9 Å². The zero-order valence-electron chi connectivity index (χ0n) is 20.8. The Kier molecular flexibility index (Phi) is 6.81. The van der Waals surface area contributed by atoms with Gasteiger partial charge >= 0.3 is 0 Å². The van der Waals surface area contributed by atoms with E-state index >= 15 is 0 Å². The molecule has 1 N–H and O–H groups in total. The Hall–Kier alpha value is -3.26. The molecular weight excluding hydrogens is 440 g/mol. The number of aromatic amines is 1. The molecule has 1 aliphatic rings. The molecule has 0 radical (unpaired) electrons. The molecular formula is C27H34N6O2. The molecule has 8 nitrogen and oxygen atoms in total. The number of aryl methyl sites for hydroxylation is 2. The summed E-state index contributed by atoms with van der Waals surface area (Å²) in [5, 5.41) is 14.1. The smallest absolute Gasteiger partial charge is 0.252 e. The highest BCUT2D eigenvalue weighted by Crippen LogP contribution is 2.33. The van der Waals surface area contributed by atoms with E-state index in [-0.39, 0.29) is 11.6 Å².